The van der Waals surface area contributed by atoms with Gasteiger partial charge in [0, 0.05) is 6.42 Å². The van der Waals surface area contributed by atoms with Crippen LogP contribution in [0, 0.1) is 11.8 Å². The Balaban J connectivity index is 3.94. The first-order valence-corrected chi connectivity index (χ1v) is 4.54. The fourth-order valence-corrected chi connectivity index (χ4v) is 0.819. The molecule has 0 spiro atoms. The molecule has 0 fully saturated rings. The standard InChI is InChI=1S/C10H17O3/c1-7(2)5-10(12)13-9(6-11)8(3)4/h7-9H,5H2,1-4H3. The lowest BCUT2D eigenvalue weighted by molar-refractivity contribution is -0.148. The maximum Gasteiger partial charge on any atom is 0.306 e. The Bertz CT molecular complexity index is 173. The van der Waals surface area contributed by atoms with Gasteiger partial charge in [-0.1, -0.05) is 27.7 Å². The SMILES string of the molecule is CC(C)CC(=O)OC([C]=O)C(C)C. The highest BCUT2D eigenvalue weighted by atomic mass is 16.5. The predicted molar refractivity (Wildman–Crippen MR) is 49.9 cm³/mol. The molecule has 13 heavy (non-hydrogen) atoms. The molecule has 0 aliphatic carbocycles. The second-order valence-corrected chi connectivity index (χ2v) is 3.87. The van der Waals surface area contributed by atoms with Crippen molar-refractivity contribution in [2.45, 2.75) is 40.2 Å². The van der Waals surface area contributed by atoms with Crippen molar-refractivity contribution in [2.75, 3.05) is 0 Å². The first-order valence-electron chi connectivity index (χ1n) is 4.54. The van der Waals surface area contributed by atoms with E-state index in [2.05, 4.69) is 0 Å². The lowest BCUT2D eigenvalue weighted by Crippen LogP contribution is -2.25. The van der Waals surface area contributed by atoms with Crippen LogP contribution in [-0.2, 0) is 14.3 Å². The van der Waals surface area contributed by atoms with Crippen molar-refractivity contribution in [3.8, 4) is 0 Å². The van der Waals surface area contributed by atoms with Gasteiger partial charge in [0.25, 0.3) is 0 Å². The van der Waals surface area contributed by atoms with Crippen LogP contribution in [0.4, 0.5) is 0 Å². The van der Waals surface area contributed by atoms with E-state index in [-0.39, 0.29) is 17.8 Å². The third-order valence-electron chi connectivity index (χ3n) is 1.55. The molecular formula is C10H17O3. The highest BCUT2D eigenvalue weighted by molar-refractivity contribution is 5.72. The van der Waals surface area contributed by atoms with E-state index < -0.39 is 6.10 Å². The molecule has 0 heterocycles. The summed E-state index contributed by atoms with van der Waals surface area (Å²) in [4.78, 5) is 21.5. The number of hydrogen-bond donors (Lipinski definition) is 0. The minimum atomic E-state index is -0.716. The van der Waals surface area contributed by atoms with Crippen molar-refractivity contribution in [1.82, 2.24) is 0 Å². The van der Waals surface area contributed by atoms with Gasteiger partial charge in [0.1, 0.15) is 0 Å². The van der Waals surface area contributed by atoms with Gasteiger partial charge in [0.05, 0.1) is 0 Å². The highest BCUT2D eigenvalue weighted by Crippen LogP contribution is 2.08. The van der Waals surface area contributed by atoms with Gasteiger partial charge in [-0.05, 0) is 11.8 Å². The van der Waals surface area contributed by atoms with Crippen molar-refractivity contribution < 1.29 is 14.3 Å². The summed E-state index contributed by atoms with van der Waals surface area (Å²) in [7, 11) is 0. The summed E-state index contributed by atoms with van der Waals surface area (Å²) >= 11 is 0. The zero-order valence-electron chi connectivity index (χ0n) is 8.66. The van der Waals surface area contributed by atoms with E-state index in [0.717, 1.165) is 0 Å². The maximum atomic E-state index is 11.1. The zero-order chi connectivity index (χ0) is 10.4. The summed E-state index contributed by atoms with van der Waals surface area (Å²) in [5.74, 6) is -0.0716. The number of carbonyl (C=O) groups excluding carboxylic acids is 2. The third-order valence-corrected chi connectivity index (χ3v) is 1.55. The first kappa shape index (κ1) is 12.1. The number of carbonyl (C=O) groups is 1. The second-order valence-electron chi connectivity index (χ2n) is 3.87. The molecule has 0 aliphatic heterocycles. The fourth-order valence-electron chi connectivity index (χ4n) is 0.819. The topological polar surface area (TPSA) is 43.4 Å². The van der Waals surface area contributed by atoms with Crippen LogP contribution in [0.5, 0.6) is 0 Å². The molecule has 3 heteroatoms. The van der Waals surface area contributed by atoms with Crippen LogP contribution in [0.2, 0.25) is 0 Å². The van der Waals surface area contributed by atoms with E-state index >= 15 is 0 Å². The van der Waals surface area contributed by atoms with Crippen molar-refractivity contribution >= 4 is 12.3 Å². The molecule has 1 unspecified atom stereocenters. The van der Waals surface area contributed by atoms with Crippen molar-refractivity contribution in [3.63, 3.8) is 0 Å². The Morgan fingerprint density at radius 1 is 1.31 bits per heavy atom. The lowest BCUT2D eigenvalue weighted by atomic mass is 10.1. The average Bonchev–Trinajstić information content (AvgIpc) is 1.98. The van der Waals surface area contributed by atoms with E-state index in [1.165, 1.54) is 0 Å². The van der Waals surface area contributed by atoms with Gasteiger partial charge in [-0.2, -0.15) is 0 Å². The Kier molecular flexibility index (Phi) is 5.35. The number of ether oxygens (including phenoxy) is 1. The monoisotopic (exact) mass is 185 g/mol. The van der Waals surface area contributed by atoms with Gasteiger partial charge >= 0.3 is 5.97 Å². The van der Waals surface area contributed by atoms with Crippen molar-refractivity contribution in [3.05, 3.63) is 0 Å². The molecule has 0 aromatic heterocycles. The normalized spacial score (nSPS) is 13.1. The summed E-state index contributed by atoms with van der Waals surface area (Å²) in [5, 5.41) is 0. The highest BCUT2D eigenvalue weighted by Gasteiger charge is 2.18. The Labute approximate surface area is 79.5 Å². The predicted octanol–water partition coefficient (Wildman–Crippen LogP) is 1.71. The molecule has 1 atom stereocenters. The van der Waals surface area contributed by atoms with E-state index in [4.69, 9.17) is 4.74 Å². The van der Waals surface area contributed by atoms with Gasteiger partial charge in [0.15, 0.2) is 6.10 Å². The smallest absolute Gasteiger partial charge is 0.306 e. The van der Waals surface area contributed by atoms with E-state index in [9.17, 15) is 9.59 Å². The molecule has 1 radical (unpaired) electrons. The molecular weight excluding hydrogens is 168 g/mol. The van der Waals surface area contributed by atoms with E-state index in [1.54, 1.807) is 6.29 Å². The second kappa shape index (κ2) is 5.73. The molecule has 0 aliphatic rings. The summed E-state index contributed by atoms with van der Waals surface area (Å²) in [6, 6.07) is 0. The summed E-state index contributed by atoms with van der Waals surface area (Å²) in [6.45, 7) is 7.49. The average molecular weight is 185 g/mol. The zero-order valence-corrected chi connectivity index (χ0v) is 8.66. The Hall–Kier alpha value is -0.860. The van der Waals surface area contributed by atoms with Gasteiger partial charge in [0.2, 0.25) is 6.29 Å². The summed E-state index contributed by atoms with van der Waals surface area (Å²) in [6.07, 6.45) is 1.35. The number of esters is 1. The number of hydrogen-bond acceptors (Lipinski definition) is 3. The first-order chi connectivity index (χ1) is 5.97. The molecule has 0 aromatic carbocycles. The van der Waals surface area contributed by atoms with Crippen LogP contribution in [0.25, 0.3) is 0 Å². The summed E-state index contributed by atoms with van der Waals surface area (Å²) in [5.41, 5.74) is 0. The molecule has 0 N–H and O–H groups in total. The summed E-state index contributed by atoms with van der Waals surface area (Å²) < 4.78 is 4.91. The van der Waals surface area contributed by atoms with Crippen LogP contribution in [0.1, 0.15) is 34.1 Å². The molecule has 0 saturated carbocycles. The van der Waals surface area contributed by atoms with Crippen LogP contribution in [0.15, 0.2) is 0 Å². The quantitative estimate of drug-likeness (QED) is 0.612. The van der Waals surface area contributed by atoms with E-state index in [1.807, 2.05) is 27.7 Å². The largest absolute Gasteiger partial charge is 0.454 e. The van der Waals surface area contributed by atoms with Crippen molar-refractivity contribution in [1.29, 1.82) is 0 Å². The molecule has 75 valence electrons. The molecule has 3 nitrogen and oxygen atoms in total. The minimum Gasteiger partial charge on any atom is -0.454 e. The Morgan fingerprint density at radius 3 is 2.15 bits per heavy atom. The van der Waals surface area contributed by atoms with Gasteiger partial charge in [-0.25, -0.2) is 0 Å². The third kappa shape index (κ3) is 5.39. The van der Waals surface area contributed by atoms with Crippen LogP contribution >= 0.6 is 0 Å². The van der Waals surface area contributed by atoms with Crippen molar-refractivity contribution in [2.24, 2.45) is 11.8 Å². The maximum absolute atomic E-state index is 11.1. The molecule has 0 saturated heterocycles. The van der Waals surface area contributed by atoms with Crippen LogP contribution < -0.4 is 0 Å². The van der Waals surface area contributed by atoms with Crippen LogP contribution in [-0.4, -0.2) is 18.4 Å². The minimum absolute atomic E-state index is 0.00591. The molecule has 0 rings (SSSR count). The number of rotatable bonds is 5. The van der Waals surface area contributed by atoms with E-state index in [0.29, 0.717) is 6.42 Å². The molecule has 0 bridgehead atoms. The molecule has 0 aromatic rings. The molecule has 0 amide bonds. The lowest BCUT2D eigenvalue weighted by Gasteiger charge is -2.15. The Morgan fingerprint density at radius 2 is 1.85 bits per heavy atom. The fraction of sp³-hybridized carbons (Fsp3) is 0.800. The van der Waals surface area contributed by atoms with Crippen LogP contribution in [0.3, 0.4) is 0 Å². The van der Waals surface area contributed by atoms with Gasteiger partial charge in [-0.15, -0.1) is 0 Å². The van der Waals surface area contributed by atoms with Gasteiger partial charge in [-0.3, -0.25) is 9.59 Å². The van der Waals surface area contributed by atoms with Gasteiger partial charge < -0.3 is 4.74 Å².